The maximum atomic E-state index is 16.0. The number of terminal acetylenes is 1. The van der Waals surface area contributed by atoms with Crippen LogP contribution >= 0.6 is 56.7 Å². The largest absolute Gasteiger partial charge is 0.495 e. The third kappa shape index (κ3) is 14.4. The second-order valence-electron chi connectivity index (χ2n) is 21.3. The van der Waals surface area contributed by atoms with Crippen molar-refractivity contribution in [2.75, 3.05) is 14.2 Å². The molecule has 8 rings (SSSR count). The molecule has 1 aliphatic carbocycles. The zero-order valence-electron chi connectivity index (χ0n) is 49.5. The van der Waals surface area contributed by atoms with E-state index in [9.17, 15) is 0 Å². The highest BCUT2D eigenvalue weighted by Gasteiger charge is 2.40. The van der Waals surface area contributed by atoms with Gasteiger partial charge in [0.1, 0.15) is 11.5 Å². The molecule has 0 spiro atoms. The number of methoxy groups -OCH3 is 2. The van der Waals surface area contributed by atoms with Crippen molar-refractivity contribution in [2.45, 2.75) is 183 Å². The number of hydrogen-bond donors (Lipinski definition) is 0. The van der Waals surface area contributed by atoms with Crippen LogP contribution in [0.5, 0.6) is 11.5 Å². The van der Waals surface area contributed by atoms with Gasteiger partial charge in [-0.1, -0.05) is 111 Å². The van der Waals surface area contributed by atoms with E-state index in [0.717, 1.165) is 156 Å². The number of thiophene rings is 5. The second-order valence-corrected chi connectivity index (χ2v) is 28.8. The molecule has 0 radical (unpaired) electrons. The van der Waals surface area contributed by atoms with Crippen molar-refractivity contribution in [3.05, 3.63) is 99.8 Å². The molecule has 4 nitrogen and oxygen atoms in total. The van der Waals surface area contributed by atoms with Crippen LogP contribution in [0.3, 0.4) is 0 Å². The monoisotopic (exact) mass is 1200 g/mol. The molecule has 0 N–H and O–H groups in total. The van der Waals surface area contributed by atoms with Crippen molar-refractivity contribution in [3.8, 4) is 103 Å². The van der Waals surface area contributed by atoms with Crippen LogP contribution in [0, 0.1) is 85.4 Å². The number of allylic oxidation sites excluding steroid dienone is 6. The Morgan fingerprint density at radius 1 is 0.512 bits per heavy atom. The lowest BCUT2D eigenvalue weighted by Crippen LogP contribution is -2.05. The third-order valence-electron chi connectivity index (χ3n) is 15.4. The number of fused-ring (bicyclic) bond motifs is 2. The summed E-state index contributed by atoms with van der Waals surface area (Å²) >= 11 is 8.81. The Bertz CT molecular complexity index is 3900. The highest BCUT2D eigenvalue weighted by atomic mass is 32.2. The Balaban J connectivity index is 1.24. The van der Waals surface area contributed by atoms with Crippen molar-refractivity contribution in [3.63, 3.8) is 0 Å². The van der Waals surface area contributed by atoms with E-state index in [1.807, 2.05) is 28.7 Å². The minimum absolute atomic E-state index is 0.396. The third-order valence-corrected chi connectivity index (χ3v) is 23.6. The number of unbranched alkanes of at least 4 members (excludes halogenated alkanes) is 12. The molecule has 1 aromatic carbocycles. The molecular weight excluding hydrogens is 1120 g/mol. The molecule has 0 saturated carbocycles. The molecule has 0 saturated heterocycles. The van der Waals surface area contributed by atoms with Gasteiger partial charge in [-0.2, -0.15) is 0 Å². The maximum Gasteiger partial charge on any atom is 0.208 e. The summed E-state index contributed by atoms with van der Waals surface area (Å²) in [6.07, 6.45) is 29.5. The first-order valence-electron chi connectivity index (χ1n) is 29.5. The Morgan fingerprint density at radius 3 is 1.57 bits per heavy atom. The first-order valence-corrected chi connectivity index (χ1v) is 35.0. The summed E-state index contributed by atoms with van der Waals surface area (Å²) in [5, 5.41) is 2.07. The van der Waals surface area contributed by atoms with Crippen molar-refractivity contribution >= 4 is 97.2 Å². The Labute approximate surface area is 510 Å². The van der Waals surface area contributed by atoms with Crippen LogP contribution in [0.15, 0.2) is 63.6 Å². The predicted octanol–water partition coefficient (Wildman–Crippen LogP) is 20.5. The summed E-state index contributed by atoms with van der Waals surface area (Å²) in [5.41, 5.74) is 8.48. The van der Waals surface area contributed by atoms with Gasteiger partial charge in [-0.05, 0) is 207 Å². The Morgan fingerprint density at radius 2 is 1.00 bits per heavy atom. The van der Waals surface area contributed by atoms with Gasteiger partial charge in [-0.3, -0.25) is 0 Å². The lowest BCUT2D eigenvalue weighted by Gasteiger charge is -2.10. The molecule has 10 heteroatoms. The van der Waals surface area contributed by atoms with Crippen molar-refractivity contribution in [1.82, 2.24) is 0 Å². The van der Waals surface area contributed by atoms with Gasteiger partial charge < -0.3 is 9.47 Å². The number of ether oxygens (including phenoxy) is 2. The quantitative estimate of drug-likeness (QED) is 0.0381. The van der Waals surface area contributed by atoms with Crippen LogP contribution in [0.4, 0.5) is 0 Å². The molecule has 0 unspecified atom stereocenters. The van der Waals surface area contributed by atoms with Gasteiger partial charge in [0.15, 0.2) is 0 Å². The van der Waals surface area contributed by atoms with Gasteiger partial charge >= 0.3 is 0 Å². The number of rotatable bonds is 27. The topological polar surface area (TPSA) is 52.6 Å². The van der Waals surface area contributed by atoms with Crippen LogP contribution in [-0.2, 0) is 29.1 Å². The fraction of sp³-hybridized carbons (Fsp3) is 0.417. The maximum absolute atomic E-state index is 16.0. The van der Waals surface area contributed by atoms with E-state index in [-0.39, 0.29) is 0 Å². The second kappa shape index (κ2) is 30.1. The van der Waals surface area contributed by atoms with Gasteiger partial charge in [0.25, 0.3) is 0 Å². The van der Waals surface area contributed by atoms with Gasteiger partial charge in [0.2, 0.25) is 9.84 Å². The molecule has 2 aliphatic rings. The number of sulfone groups is 1. The van der Waals surface area contributed by atoms with Gasteiger partial charge in [0.05, 0.1) is 33.4 Å². The lowest BCUT2D eigenvalue weighted by molar-refractivity contribution is 0.419. The fourth-order valence-electron chi connectivity index (χ4n) is 11.2. The zero-order chi connectivity index (χ0) is 58.2. The van der Waals surface area contributed by atoms with E-state index < -0.39 is 9.84 Å². The zero-order valence-corrected chi connectivity index (χ0v) is 54.4. The minimum Gasteiger partial charge on any atom is -0.495 e. The molecule has 82 heavy (non-hydrogen) atoms. The number of aryl methyl sites for hydroxylation is 5. The average Bonchev–Trinajstić information content (AvgIpc) is 3.45. The summed E-state index contributed by atoms with van der Waals surface area (Å²) in [6, 6.07) is 11.5. The lowest BCUT2D eigenvalue weighted by atomic mass is 10.0. The van der Waals surface area contributed by atoms with Crippen LogP contribution in [0.25, 0.3) is 50.2 Å². The minimum atomic E-state index is -4.01. The molecule has 1 aliphatic heterocycles. The van der Waals surface area contributed by atoms with E-state index in [2.05, 4.69) is 144 Å². The van der Waals surface area contributed by atoms with E-state index in [1.165, 1.54) is 81.1 Å². The molecule has 424 valence electrons. The van der Waals surface area contributed by atoms with Crippen molar-refractivity contribution < 1.29 is 17.9 Å². The van der Waals surface area contributed by atoms with Crippen LogP contribution in [0.2, 0.25) is 0 Å². The molecule has 0 amide bonds. The highest BCUT2D eigenvalue weighted by molar-refractivity contribution is 8.05. The SMILES string of the molecule is C#CC#CC#CC#CC#CC#CC1=C(c2cc(CCCCCC)c(-c3cc(CCCCCC)c(C)s3)s2)CC(C2=CC(CCCCCC)=C(c3cc(CCCCCC)c(-c4cc5c(OC)c6sc(C)cc6c(OC)c5s4)s3)S2(=O)=O)=C1C. The summed E-state index contributed by atoms with van der Waals surface area (Å²) in [4.78, 5) is 10.3. The smallest absolute Gasteiger partial charge is 0.208 e. The number of benzene rings is 1. The van der Waals surface area contributed by atoms with Gasteiger partial charge in [0, 0.05) is 61.8 Å². The molecule has 6 aromatic rings. The van der Waals surface area contributed by atoms with E-state index in [4.69, 9.17) is 15.9 Å². The summed E-state index contributed by atoms with van der Waals surface area (Å²) in [7, 11) is -0.513. The van der Waals surface area contributed by atoms with Crippen LogP contribution in [0.1, 0.15) is 186 Å². The summed E-state index contributed by atoms with van der Waals surface area (Å²) < 4.78 is 46.4. The normalized spacial score (nSPS) is 13.5. The van der Waals surface area contributed by atoms with Gasteiger partial charge in [-0.15, -0.1) is 63.1 Å². The first kappa shape index (κ1) is 62.2. The van der Waals surface area contributed by atoms with E-state index in [0.29, 0.717) is 22.7 Å². The standard InChI is InChI=1S/C72H76O4S6/c1-11-16-21-26-27-28-29-30-31-36-41-56-50(7)57(47-58(56)61-44-53(38-33-23-18-13-3)68(79-61)62-43-52(51(8)78-62)37-32-22-17-12-2)65-46-55(40-35-25-20-15-5)72(82(65,73)74)64-45-54(39-34-24-19-14-4)69(81-64)63-48-60-67(76-10)70-59(42-49(6)77-70)66(75-9)71(60)80-63/h1,42-46,48H,12-15,17-20,22-25,32-35,37-40,47H2,2-10H3. The highest BCUT2D eigenvalue weighted by Crippen LogP contribution is 2.55. The summed E-state index contributed by atoms with van der Waals surface area (Å²) in [5.74, 6) is 32.1. The Hall–Kier alpha value is -5.89. The van der Waals surface area contributed by atoms with E-state index >= 15 is 8.42 Å². The molecular formula is C72H76O4S6. The van der Waals surface area contributed by atoms with Crippen LogP contribution < -0.4 is 9.47 Å². The first-order chi connectivity index (χ1) is 39.9. The molecule has 0 atom stereocenters. The summed E-state index contributed by atoms with van der Waals surface area (Å²) in [6.45, 7) is 15.4. The predicted molar refractivity (Wildman–Crippen MR) is 359 cm³/mol. The van der Waals surface area contributed by atoms with Crippen molar-refractivity contribution in [2.24, 2.45) is 0 Å². The van der Waals surface area contributed by atoms with E-state index in [1.54, 1.807) is 48.2 Å². The molecule has 5 aromatic heterocycles. The fourth-order valence-corrected chi connectivity index (χ4v) is 19.6. The van der Waals surface area contributed by atoms with Gasteiger partial charge in [-0.25, -0.2) is 8.42 Å². The average molecular weight is 1200 g/mol. The number of hydrogen-bond acceptors (Lipinski definition) is 9. The van der Waals surface area contributed by atoms with Crippen molar-refractivity contribution in [1.29, 1.82) is 0 Å². The van der Waals surface area contributed by atoms with Crippen LogP contribution in [-0.4, -0.2) is 22.6 Å². The Kier molecular flexibility index (Phi) is 22.8. The molecule has 0 fully saturated rings. The molecule has 6 heterocycles. The molecule has 0 bridgehead atoms.